The Morgan fingerprint density at radius 1 is 1.21 bits per heavy atom. The van der Waals surface area contributed by atoms with E-state index in [4.69, 9.17) is 14.5 Å². The number of alkyl carbamates (subject to hydrolysis) is 1. The van der Waals surface area contributed by atoms with Crippen LogP contribution in [0.15, 0.2) is 4.99 Å². The smallest absolute Gasteiger partial charge is 0.414 e. The van der Waals surface area contributed by atoms with Gasteiger partial charge in [0.15, 0.2) is 0 Å². The number of amides is 2. The molecule has 9 nitrogen and oxygen atoms in total. The summed E-state index contributed by atoms with van der Waals surface area (Å²) in [6.07, 6.45) is 4.91. The van der Waals surface area contributed by atoms with Crippen molar-refractivity contribution in [1.82, 2.24) is 21.5 Å². The second-order valence-electron chi connectivity index (χ2n) is 8.79. The number of hydrogen-bond acceptors (Lipinski definition) is 7. The molecule has 0 aromatic carbocycles. The molecule has 5 aliphatic rings. The van der Waals surface area contributed by atoms with Gasteiger partial charge in [-0.2, -0.15) is 0 Å². The van der Waals surface area contributed by atoms with Gasteiger partial charge >= 0.3 is 6.09 Å². The number of rotatable bonds is 3. The molecule has 1 saturated heterocycles. The van der Waals surface area contributed by atoms with Crippen LogP contribution in [0.25, 0.3) is 0 Å². The molecule has 3 aliphatic carbocycles. The fourth-order valence-corrected chi connectivity index (χ4v) is 6.56. The van der Waals surface area contributed by atoms with E-state index in [1.807, 2.05) is 0 Å². The zero-order valence-electron chi connectivity index (χ0n) is 16.1. The first-order chi connectivity index (χ1) is 13.7. The molecule has 4 fully saturated rings. The number of fused-ring (bicyclic) bond motifs is 4. The third-order valence-electron chi connectivity index (χ3n) is 7.55. The lowest BCUT2D eigenvalue weighted by molar-refractivity contribution is -0.134. The maximum absolute atomic E-state index is 12.3. The van der Waals surface area contributed by atoms with Crippen LogP contribution >= 0.6 is 0 Å². The van der Waals surface area contributed by atoms with Gasteiger partial charge in [0, 0.05) is 19.1 Å². The third-order valence-corrected chi connectivity index (χ3v) is 7.55. The van der Waals surface area contributed by atoms with E-state index in [1.54, 1.807) is 7.11 Å². The first-order valence-corrected chi connectivity index (χ1v) is 10.5. The number of nitrogens with zero attached hydrogens (tertiary/aromatic N) is 1. The zero-order chi connectivity index (χ0) is 19.3. The molecule has 8 atom stereocenters. The van der Waals surface area contributed by atoms with Crippen LogP contribution in [0.1, 0.15) is 32.1 Å². The Morgan fingerprint density at radius 3 is 2.96 bits per heavy atom. The number of hydrogen-bond donors (Lipinski definition) is 4. The summed E-state index contributed by atoms with van der Waals surface area (Å²) in [4.78, 5) is 28.9. The van der Waals surface area contributed by atoms with Gasteiger partial charge in [0.25, 0.3) is 0 Å². The third kappa shape index (κ3) is 2.95. The van der Waals surface area contributed by atoms with E-state index < -0.39 is 6.09 Å². The van der Waals surface area contributed by atoms with Gasteiger partial charge in [-0.3, -0.25) is 15.5 Å². The molecule has 2 aliphatic heterocycles. The predicted molar refractivity (Wildman–Crippen MR) is 100 cm³/mol. The standard InChI is InChI=1S/C19H29N5O4/c1-27-5-6-28-19(26)22-18-20-13-7-11-9-3-2-4-10-15(9)16(23-24-17(10)25)12(11)8-14(13)21-18/h9-16,23H,2-8H2,1H3,(H,24,25)(H2,20,21,22,26). The molecule has 0 bridgehead atoms. The summed E-state index contributed by atoms with van der Waals surface area (Å²) in [5, 5.41) is 6.10. The molecule has 0 aromatic heterocycles. The van der Waals surface area contributed by atoms with Gasteiger partial charge in [0.1, 0.15) is 6.61 Å². The highest BCUT2D eigenvalue weighted by Crippen LogP contribution is 2.57. The van der Waals surface area contributed by atoms with Crippen molar-refractivity contribution in [2.24, 2.45) is 34.6 Å². The lowest BCUT2D eigenvalue weighted by Crippen LogP contribution is -2.60. The highest BCUT2D eigenvalue weighted by Gasteiger charge is 2.60. The van der Waals surface area contributed by atoms with Gasteiger partial charge in [0.05, 0.1) is 18.7 Å². The van der Waals surface area contributed by atoms with E-state index >= 15 is 0 Å². The Labute approximate surface area is 164 Å². The Bertz CT molecular complexity index is 685. The van der Waals surface area contributed by atoms with Crippen molar-refractivity contribution in [1.29, 1.82) is 0 Å². The normalized spacial score (nSPS) is 43.0. The Morgan fingerprint density at radius 2 is 2.11 bits per heavy atom. The van der Waals surface area contributed by atoms with E-state index in [9.17, 15) is 9.59 Å². The molecule has 0 aromatic rings. The lowest BCUT2D eigenvalue weighted by Gasteiger charge is -2.41. The summed E-state index contributed by atoms with van der Waals surface area (Å²) in [7, 11) is 1.57. The van der Waals surface area contributed by atoms with E-state index in [2.05, 4.69) is 21.5 Å². The molecule has 8 unspecified atom stereocenters. The summed E-state index contributed by atoms with van der Waals surface area (Å²) in [5.74, 6) is 3.07. The Kier molecular flexibility index (Phi) is 4.66. The number of carbonyl (C=O) groups is 2. The van der Waals surface area contributed by atoms with Crippen molar-refractivity contribution in [2.75, 3.05) is 20.3 Å². The monoisotopic (exact) mass is 391 g/mol. The summed E-state index contributed by atoms with van der Waals surface area (Å²) in [5.41, 5.74) is 6.28. The van der Waals surface area contributed by atoms with E-state index in [0.29, 0.717) is 42.3 Å². The molecule has 3 saturated carbocycles. The average molecular weight is 391 g/mol. The van der Waals surface area contributed by atoms with Gasteiger partial charge in [-0.1, -0.05) is 6.42 Å². The van der Waals surface area contributed by atoms with Crippen LogP contribution in [0.4, 0.5) is 4.79 Å². The minimum absolute atomic E-state index is 0.172. The highest BCUT2D eigenvalue weighted by molar-refractivity contribution is 5.95. The van der Waals surface area contributed by atoms with Crippen molar-refractivity contribution >= 4 is 18.0 Å². The molecule has 0 spiro atoms. The number of nitrogens with one attached hydrogen (secondary N) is 4. The number of aliphatic imine (C=N–C) groups is 1. The van der Waals surface area contributed by atoms with E-state index in [1.165, 1.54) is 6.42 Å². The molecule has 5 rings (SSSR count). The SMILES string of the molecule is COCCOC(=O)NC1=NC2CC3C(CC2N1)C1NNC(=O)C2CCCC3C21. The second-order valence-corrected chi connectivity index (χ2v) is 8.79. The van der Waals surface area contributed by atoms with Crippen molar-refractivity contribution < 1.29 is 19.1 Å². The zero-order valence-corrected chi connectivity index (χ0v) is 16.1. The minimum atomic E-state index is -0.506. The van der Waals surface area contributed by atoms with Crippen LogP contribution in [0.3, 0.4) is 0 Å². The predicted octanol–water partition coefficient (Wildman–Crippen LogP) is 0.131. The van der Waals surface area contributed by atoms with Crippen LogP contribution in [0.2, 0.25) is 0 Å². The summed E-state index contributed by atoms with van der Waals surface area (Å²) in [6.45, 7) is 0.590. The largest absolute Gasteiger partial charge is 0.447 e. The van der Waals surface area contributed by atoms with Gasteiger partial charge in [-0.25, -0.2) is 15.2 Å². The summed E-state index contributed by atoms with van der Waals surface area (Å²) >= 11 is 0. The van der Waals surface area contributed by atoms with Gasteiger partial charge < -0.3 is 14.8 Å². The van der Waals surface area contributed by atoms with Crippen molar-refractivity contribution in [3.05, 3.63) is 0 Å². The molecule has 2 heterocycles. The van der Waals surface area contributed by atoms with Crippen molar-refractivity contribution in [2.45, 2.75) is 50.2 Å². The molecule has 2 amide bonds. The number of ether oxygens (including phenoxy) is 2. The van der Waals surface area contributed by atoms with Crippen LogP contribution < -0.4 is 21.5 Å². The van der Waals surface area contributed by atoms with Crippen molar-refractivity contribution in [3.63, 3.8) is 0 Å². The van der Waals surface area contributed by atoms with Gasteiger partial charge in [0.2, 0.25) is 11.9 Å². The van der Waals surface area contributed by atoms with E-state index in [-0.39, 0.29) is 30.5 Å². The molecule has 28 heavy (non-hydrogen) atoms. The minimum Gasteiger partial charge on any atom is -0.447 e. The fourth-order valence-electron chi connectivity index (χ4n) is 6.56. The number of hydrazine groups is 1. The molecule has 9 heteroatoms. The highest BCUT2D eigenvalue weighted by atomic mass is 16.6. The molecular weight excluding hydrogens is 362 g/mol. The van der Waals surface area contributed by atoms with E-state index in [0.717, 1.165) is 25.7 Å². The van der Waals surface area contributed by atoms with Gasteiger partial charge in [-0.15, -0.1) is 0 Å². The molecule has 154 valence electrons. The van der Waals surface area contributed by atoms with Crippen LogP contribution in [0.5, 0.6) is 0 Å². The fraction of sp³-hybridized carbons (Fsp3) is 0.842. The maximum atomic E-state index is 12.3. The molecule has 4 N–H and O–H groups in total. The maximum Gasteiger partial charge on any atom is 0.414 e. The summed E-state index contributed by atoms with van der Waals surface area (Å²) in [6, 6.07) is 0.769. The molecular formula is C19H29N5O4. The quantitative estimate of drug-likeness (QED) is 0.509. The summed E-state index contributed by atoms with van der Waals surface area (Å²) < 4.78 is 9.94. The average Bonchev–Trinajstić information content (AvgIpc) is 3.22. The topological polar surface area (TPSA) is 113 Å². The molecule has 0 radical (unpaired) electrons. The second kappa shape index (κ2) is 7.18. The Balaban J connectivity index is 1.26. The lowest BCUT2D eigenvalue weighted by atomic mass is 9.68. The van der Waals surface area contributed by atoms with Crippen LogP contribution in [-0.4, -0.2) is 56.4 Å². The Hall–Kier alpha value is -1.87. The first kappa shape index (κ1) is 18.2. The first-order valence-electron chi connectivity index (χ1n) is 10.5. The number of carbonyl (C=O) groups excluding carboxylic acids is 2. The van der Waals surface area contributed by atoms with Crippen LogP contribution in [-0.2, 0) is 14.3 Å². The van der Waals surface area contributed by atoms with Gasteiger partial charge in [-0.05, 0) is 49.4 Å². The van der Waals surface area contributed by atoms with Crippen LogP contribution in [0, 0.1) is 29.6 Å². The number of methoxy groups -OCH3 is 1. The van der Waals surface area contributed by atoms with Crippen molar-refractivity contribution in [3.8, 4) is 0 Å². The number of guanidine groups is 1.